The highest BCUT2D eigenvalue weighted by Crippen LogP contribution is 2.28. The summed E-state index contributed by atoms with van der Waals surface area (Å²) in [6.07, 6.45) is 0.230. The molecule has 1 heterocycles. The number of ether oxygens (including phenoxy) is 1. The van der Waals surface area contributed by atoms with Crippen LogP contribution in [0.5, 0.6) is 0 Å². The van der Waals surface area contributed by atoms with Crippen molar-refractivity contribution in [1.29, 1.82) is 0 Å². The highest BCUT2D eigenvalue weighted by molar-refractivity contribution is 7.12. The average Bonchev–Trinajstić information content (AvgIpc) is 2.70. The first-order valence-corrected chi connectivity index (χ1v) is 6.96. The normalized spacial score (nSPS) is 12.3. The van der Waals surface area contributed by atoms with Crippen molar-refractivity contribution in [2.45, 2.75) is 33.2 Å². The fraction of sp³-hybridized carbons (Fsp3) is 0.538. The number of esters is 1. The van der Waals surface area contributed by atoms with E-state index in [1.165, 1.54) is 18.4 Å². The molecular weight excluding hydrogens is 264 g/mol. The number of carbonyl (C=O) groups is 2. The van der Waals surface area contributed by atoms with Gasteiger partial charge in [-0.2, -0.15) is 0 Å². The first-order valence-electron chi connectivity index (χ1n) is 6.08. The van der Waals surface area contributed by atoms with Gasteiger partial charge in [-0.15, -0.1) is 11.3 Å². The van der Waals surface area contributed by atoms with Gasteiger partial charge in [-0.1, -0.05) is 13.8 Å². The second-order valence-corrected chi connectivity index (χ2v) is 5.65. The SMILES string of the molecule is COC(=O)c1scc(C)c1NC(=O)CC(N)C(C)C. The molecule has 0 saturated carbocycles. The number of methoxy groups -OCH3 is 1. The molecule has 3 N–H and O–H groups in total. The standard InChI is InChI=1S/C13H20N2O3S/c1-7(2)9(14)5-10(16)15-11-8(3)6-19-12(11)13(17)18-4/h6-7,9H,5,14H2,1-4H3,(H,15,16). The molecule has 19 heavy (non-hydrogen) atoms. The van der Waals surface area contributed by atoms with Crippen LogP contribution in [0.15, 0.2) is 5.38 Å². The predicted octanol–water partition coefficient (Wildman–Crippen LogP) is 2.16. The number of hydrogen-bond donors (Lipinski definition) is 2. The van der Waals surface area contributed by atoms with Crippen LogP contribution < -0.4 is 11.1 Å². The van der Waals surface area contributed by atoms with Crippen LogP contribution in [0.2, 0.25) is 0 Å². The Balaban J connectivity index is 2.79. The van der Waals surface area contributed by atoms with Crippen molar-refractivity contribution in [2.24, 2.45) is 11.7 Å². The van der Waals surface area contributed by atoms with Gasteiger partial charge in [0.15, 0.2) is 0 Å². The molecule has 6 heteroatoms. The summed E-state index contributed by atoms with van der Waals surface area (Å²) >= 11 is 1.26. The maximum Gasteiger partial charge on any atom is 0.350 e. The molecule has 0 aliphatic carbocycles. The van der Waals surface area contributed by atoms with Crippen LogP contribution in [0.4, 0.5) is 5.69 Å². The summed E-state index contributed by atoms with van der Waals surface area (Å²) in [4.78, 5) is 23.9. The summed E-state index contributed by atoms with van der Waals surface area (Å²) in [6, 6.07) is -0.194. The number of carbonyl (C=O) groups excluding carboxylic acids is 2. The van der Waals surface area contributed by atoms with E-state index in [0.717, 1.165) is 5.56 Å². The van der Waals surface area contributed by atoms with Crippen molar-refractivity contribution >= 4 is 28.9 Å². The van der Waals surface area contributed by atoms with Gasteiger partial charge >= 0.3 is 5.97 Å². The number of nitrogens with two attached hydrogens (primary N) is 1. The minimum atomic E-state index is -0.443. The van der Waals surface area contributed by atoms with E-state index in [4.69, 9.17) is 5.73 Å². The Morgan fingerprint density at radius 2 is 2.11 bits per heavy atom. The van der Waals surface area contributed by atoms with E-state index in [1.54, 1.807) is 0 Å². The molecule has 0 radical (unpaired) electrons. The summed E-state index contributed by atoms with van der Waals surface area (Å²) in [5.41, 5.74) is 7.23. The van der Waals surface area contributed by atoms with Crippen LogP contribution in [0, 0.1) is 12.8 Å². The van der Waals surface area contributed by atoms with E-state index in [9.17, 15) is 9.59 Å². The van der Waals surface area contributed by atoms with Crippen molar-refractivity contribution in [3.8, 4) is 0 Å². The fourth-order valence-corrected chi connectivity index (χ4v) is 2.40. The third kappa shape index (κ3) is 4.04. The van der Waals surface area contributed by atoms with Crippen LogP contribution in [0.3, 0.4) is 0 Å². The van der Waals surface area contributed by atoms with E-state index in [-0.39, 0.29) is 24.3 Å². The van der Waals surface area contributed by atoms with Gasteiger partial charge in [-0.3, -0.25) is 4.79 Å². The summed E-state index contributed by atoms with van der Waals surface area (Å²) in [5, 5.41) is 4.56. The van der Waals surface area contributed by atoms with Gasteiger partial charge in [0.2, 0.25) is 5.91 Å². The summed E-state index contributed by atoms with van der Waals surface area (Å²) in [6.45, 7) is 5.77. The summed E-state index contributed by atoms with van der Waals surface area (Å²) in [7, 11) is 1.32. The highest BCUT2D eigenvalue weighted by Gasteiger charge is 2.20. The Kier molecular flexibility index (Phi) is 5.50. The van der Waals surface area contributed by atoms with E-state index >= 15 is 0 Å². The number of anilines is 1. The van der Waals surface area contributed by atoms with Crippen molar-refractivity contribution in [3.05, 3.63) is 15.8 Å². The second kappa shape index (κ2) is 6.68. The van der Waals surface area contributed by atoms with Crippen molar-refractivity contribution in [2.75, 3.05) is 12.4 Å². The molecule has 5 nitrogen and oxygen atoms in total. The van der Waals surface area contributed by atoms with Gasteiger partial charge in [0.1, 0.15) is 4.88 Å². The molecule has 106 valence electrons. The monoisotopic (exact) mass is 284 g/mol. The number of thiophene rings is 1. The van der Waals surface area contributed by atoms with Crippen molar-refractivity contribution in [3.63, 3.8) is 0 Å². The topological polar surface area (TPSA) is 81.4 Å². The molecule has 1 rings (SSSR count). The molecule has 0 spiro atoms. The van der Waals surface area contributed by atoms with E-state index in [2.05, 4.69) is 10.1 Å². The summed E-state index contributed by atoms with van der Waals surface area (Å²) in [5.74, 6) is -0.399. The van der Waals surface area contributed by atoms with Gasteiger partial charge in [-0.25, -0.2) is 4.79 Å². The minimum Gasteiger partial charge on any atom is -0.465 e. The lowest BCUT2D eigenvalue weighted by molar-refractivity contribution is -0.116. The zero-order valence-electron chi connectivity index (χ0n) is 11.6. The number of hydrogen-bond acceptors (Lipinski definition) is 5. The zero-order valence-corrected chi connectivity index (χ0v) is 12.5. The number of rotatable bonds is 5. The lowest BCUT2D eigenvalue weighted by Gasteiger charge is -2.15. The molecule has 0 fully saturated rings. The zero-order chi connectivity index (χ0) is 14.6. The molecule has 0 saturated heterocycles. The van der Waals surface area contributed by atoms with Gasteiger partial charge < -0.3 is 15.8 Å². The van der Waals surface area contributed by atoms with Gasteiger partial charge in [0.25, 0.3) is 0 Å². The second-order valence-electron chi connectivity index (χ2n) is 4.77. The predicted molar refractivity (Wildman–Crippen MR) is 76.5 cm³/mol. The van der Waals surface area contributed by atoms with E-state index in [1.807, 2.05) is 26.2 Å². The Bertz CT molecular complexity index is 468. The third-order valence-electron chi connectivity index (χ3n) is 2.89. The smallest absolute Gasteiger partial charge is 0.350 e. The molecule has 1 aromatic rings. The van der Waals surface area contributed by atoms with Crippen molar-refractivity contribution in [1.82, 2.24) is 0 Å². The number of aryl methyl sites for hydroxylation is 1. The fourth-order valence-electron chi connectivity index (χ4n) is 1.48. The van der Waals surface area contributed by atoms with Crippen molar-refractivity contribution < 1.29 is 14.3 Å². The molecule has 1 unspecified atom stereocenters. The minimum absolute atomic E-state index is 0.187. The molecule has 0 aliphatic heterocycles. The van der Waals surface area contributed by atoms with Crippen LogP contribution in [-0.2, 0) is 9.53 Å². The lowest BCUT2D eigenvalue weighted by atomic mass is 10.0. The first-order chi connectivity index (χ1) is 8.86. The number of amides is 1. The Morgan fingerprint density at radius 1 is 1.47 bits per heavy atom. The molecule has 1 aromatic heterocycles. The van der Waals surface area contributed by atoms with Crippen LogP contribution >= 0.6 is 11.3 Å². The Hall–Kier alpha value is -1.40. The molecule has 1 amide bonds. The van der Waals surface area contributed by atoms with Crippen LogP contribution in [-0.4, -0.2) is 25.0 Å². The third-order valence-corrected chi connectivity index (χ3v) is 3.97. The van der Waals surface area contributed by atoms with Gasteiger partial charge in [-0.05, 0) is 23.8 Å². The molecular formula is C13H20N2O3S. The van der Waals surface area contributed by atoms with E-state index in [0.29, 0.717) is 10.6 Å². The molecule has 0 aliphatic rings. The quantitative estimate of drug-likeness (QED) is 0.812. The Labute approximate surface area is 117 Å². The highest BCUT2D eigenvalue weighted by atomic mass is 32.1. The van der Waals surface area contributed by atoms with E-state index < -0.39 is 5.97 Å². The Morgan fingerprint density at radius 3 is 2.63 bits per heavy atom. The molecule has 0 aromatic carbocycles. The average molecular weight is 284 g/mol. The summed E-state index contributed by atoms with van der Waals surface area (Å²) < 4.78 is 4.69. The van der Waals surface area contributed by atoms with Crippen LogP contribution in [0.25, 0.3) is 0 Å². The number of nitrogens with one attached hydrogen (secondary N) is 1. The first kappa shape index (κ1) is 15.7. The molecule has 0 bridgehead atoms. The van der Waals surface area contributed by atoms with Crippen LogP contribution in [0.1, 0.15) is 35.5 Å². The van der Waals surface area contributed by atoms with Gasteiger partial charge in [0, 0.05) is 12.5 Å². The molecule has 1 atom stereocenters. The maximum atomic E-state index is 11.9. The largest absolute Gasteiger partial charge is 0.465 e. The maximum absolute atomic E-state index is 11.9. The van der Waals surface area contributed by atoms with Gasteiger partial charge in [0.05, 0.1) is 12.8 Å². The lowest BCUT2D eigenvalue weighted by Crippen LogP contribution is -2.31.